The summed E-state index contributed by atoms with van der Waals surface area (Å²) in [5.41, 5.74) is 4.60. The second-order valence-electron chi connectivity index (χ2n) is 11.7. The largest absolute Gasteiger partial charge is 0.416 e. The number of aromatic nitrogens is 2. The van der Waals surface area contributed by atoms with Crippen LogP contribution in [0.5, 0.6) is 0 Å². The number of alkyl halides is 3. The van der Waals surface area contributed by atoms with Crippen molar-refractivity contribution in [3.63, 3.8) is 0 Å². The van der Waals surface area contributed by atoms with Crippen molar-refractivity contribution in [1.29, 1.82) is 0 Å². The molecule has 0 aliphatic carbocycles. The normalized spacial score (nSPS) is 15.2. The minimum absolute atomic E-state index is 0.107. The molecular formula is C33H35F4N5O4S. The minimum atomic E-state index is -4.88. The Labute approximate surface area is 269 Å². The zero-order valence-electron chi connectivity index (χ0n) is 25.9. The van der Waals surface area contributed by atoms with Gasteiger partial charge in [-0.2, -0.15) is 13.2 Å². The molecule has 5 rings (SSSR count). The van der Waals surface area contributed by atoms with Gasteiger partial charge in [-0.25, -0.2) is 17.6 Å². The van der Waals surface area contributed by atoms with E-state index in [1.165, 1.54) is 13.0 Å². The van der Waals surface area contributed by atoms with Gasteiger partial charge in [-0.3, -0.25) is 18.8 Å². The van der Waals surface area contributed by atoms with Crippen LogP contribution in [-0.2, 0) is 35.6 Å². The van der Waals surface area contributed by atoms with Crippen LogP contribution < -0.4 is 21.9 Å². The highest BCUT2D eigenvalue weighted by Crippen LogP contribution is 2.33. The van der Waals surface area contributed by atoms with E-state index >= 15 is 0 Å². The van der Waals surface area contributed by atoms with E-state index in [-0.39, 0.29) is 22.8 Å². The summed E-state index contributed by atoms with van der Waals surface area (Å²) in [5.74, 6) is -1.13. The summed E-state index contributed by atoms with van der Waals surface area (Å²) in [4.78, 5) is 31.9. The lowest BCUT2D eigenvalue weighted by Crippen LogP contribution is -2.51. The number of anilines is 1. The second-order valence-corrected chi connectivity index (χ2v) is 13.7. The van der Waals surface area contributed by atoms with Crippen molar-refractivity contribution in [3.8, 4) is 0 Å². The van der Waals surface area contributed by atoms with Gasteiger partial charge < -0.3 is 10.6 Å². The fourth-order valence-corrected chi connectivity index (χ4v) is 6.60. The molecule has 0 unspecified atom stereocenters. The maximum Gasteiger partial charge on any atom is 0.416 e. The fraction of sp³-hybridized carbons (Fsp3) is 0.333. The molecule has 1 atom stereocenters. The number of rotatable bonds is 9. The van der Waals surface area contributed by atoms with Gasteiger partial charge in [-0.1, -0.05) is 48.5 Å². The van der Waals surface area contributed by atoms with Crippen LogP contribution in [0.3, 0.4) is 0 Å². The van der Waals surface area contributed by atoms with E-state index in [2.05, 4.69) is 4.90 Å². The van der Waals surface area contributed by atoms with Gasteiger partial charge in [0.25, 0.3) is 5.56 Å². The monoisotopic (exact) mass is 673 g/mol. The lowest BCUT2D eigenvalue weighted by atomic mass is 10.1. The average Bonchev–Trinajstić information content (AvgIpc) is 3.02. The summed E-state index contributed by atoms with van der Waals surface area (Å²) in [5, 5.41) is 0. The first-order valence-corrected chi connectivity index (χ1v) is 16.8. The number of hydrogen-bond acceptors (Lipinski definition) is 7. The number of nitrogens with zero attached hydrogens (tertiary/aromatic N) is 4. The number of hydrogen-bond donors (Lipinski definition) is 1. The Balaban J connectivity index is 1.51. The topological polar surface area (TPSA) is 111 Å². The van der Waals surface area contributed by atoms with Gasteiger partial charge in [-0.05, 0) is 42.3 Å². The Hall–Kier alpha value is -4.27. The maximum atomic E-state index is 15.0. The van der Waals surface area contributed by atoms with Crippen molar-refractivity contribution >= 4 is 15.5 Å². The molecule has 2 heterocycles. The van der Waals surface area contributed by atoms with Crippen molar-refractivity contribution in [2.45, 2.75) is 43.7 Å². The zero-order chi connectivity index (χ0) is 34.1. The number of piperazine rings is 1. The van der Waals surface area contributed by atoms with Crippen LogP contribution in [0.15, 0.2) is 87.3 Å². The molecule has 9 nitrogen and oxygen atoms in total. The van der Waals surface area contributed by atoms with Crippen LogP contribution >= 0.6 is 0 Å². The van der Waals surface area contributed by atoms with Crippen LogP contribution in [0.2, 0.25) is 0 Å². The van der Waals surface area contributed by atoms with Crippen molar-refractivity contribution < 1.29 is 26.0 Å². The SMILES string of the molecule is Cc1c(N2CCN(Cc3cccc(S(C)(=O)=O)c3)CC2)c(=O)n(C[C@H](N)c2ccccc2)c(=O)n1Cc1c(F)cccc1C(F)(F)F. The first-order chi connectivity index (χ1) is 22.1. The standard InChI is InChI=1S/C33H35F4N5O4S/c1-22-30(40-16-14-39(15-17-40)19-23-8-6-11-25(18-23)47(2,45)46)31(43)42(21-29(38)24-9-4-3-5-10-24)32(44)41(22)20-26-27(33(35,36)37)12-7-13-28(26)34/h3-13,18,29H,14-17,19-21,38H2,1-2H3/t29-/m0/s1. The summed E-state index contributed by atoms with van der Waals surface area (Å²) >= 11 is 0. The Morgan fingerprint density at radius 3 is 2.17 bits per heavy atom. The van der Waals surface area contributed by atoms with Gasteiger partial charge >= 0.3 is 11.9 Å². The number of nitrogens with two attached hydrogens (primary N) is 1. The average molecular weight is 674 g/mol. The Morgan fingerprint density at radius 1 is 0.872 bits per heavy atom. The first kappa shape index (κ1) is 34.1. The van der Waals surface area contributed by atoms with Crippen LogP contribution in [-0.4, -0.2) is 54.9 Å². The minimum Gasteiger partial charge on any atom is -0.363 e. The number of halogens is 4. The van der Waals surface area contributed by atoms with Gasteiger partial charge in [-0.15, -0.1) is 0 Å². The van der Waals surface area contributed by atoms with Gasteiger partial charge in [0.05, 0.1) is 23.5 Å². The van der Waals surface area contributed by atoms with Gasteiger partial charge in [0.2, 0.25) is 0 Å². The molecule has 1 fully saturated rings. The first-order valence-electron chi connectivity index (χ1n) is 14.9. The Morgan fingerprint density at radius 2 is 1.53 bits per heavy atom. The van der Waals surface area contributed by atoms with Crippen molar-refractivity contribution in [2.75, 3.05) is 37.3 Å². The summed E-state index contributed by atoms with van der Waals surface area (Å²) in [6.07, 6.45) is -3.73. The molecule has 2 N–H and O–H groups in total. The van der Waals surface area contributed by atoms with E-state index in [1.54, 1.807) is 47.4 Å². The van der Waals surface area contributed by atoms with E-state index in [0.717, 1.165) is 39.2 Å². The molecule has 3 aromatic carbocycles. The molecule has 1 saturated heterocycles. The maximum absolute atomic E-state index is 15.0. The van der Waals surface area contributed by atoms with Crippen LogP contribution in [0, 0.1) is 12.7 Å². The Kier molecular flexibility index (Phi) is 9.75. The molecule has 14 heteroatoms. The number of benzene rings is 3. The molecule has 250 valence electrons. The van der Waals surface area contributed by atoms with E-state index in [0.29, 0.717) is 38.3 Å². The summed E-state index contributed by atoms with van der Waals surface area (Å²) < 4.78 is 82.6. The van der Waals surface area contributed by atoms with Gasteiger partial charge in [0.1, 0.15) is 11.5 Å². The van der Waals surface area contributed by atoms with E-state index in [4.69, 9.17) is 5.73 Å². The molecule has 0 bridgehead atoms. The smallest absolute Gasteiger partial charge is 0.363 e. The highest BCUT2D eigenvalue weighted by molar-refractivity contribution is 7.90. The van der Waals surface area contributed by atoms with E-state index < -0.39 is 56.8 Å². The molecule has 1 aromatic heterocycles. The van der Waals surface area contributed by atoms with E-state index in [1.807, 2.05) is 6.07 Å². The fourth-order valence-electron chi connectivity index (χ4n) is 5.91. The molecule has 0 saturated carbocycles. The molecule has 1 aliphatic rings. The molecule has 4 aromatic rings. The van der Waals surface area contributed by atoms with Crippen molar-refractivity contribution in [3.05, 3.63) is 127 Å². The highest BCUT2D eigenvalue weighted by atomic mass is 32.2. The molecular weight excluding hydrogens is 638 g/mol. The van der Waals surface area contributed by atoms with Crippen LogP contribution in [0.4, 0.5) is 23.2 Å². The third kappa shape index (κ3) is 7.50. The van der Waals surface area contributed by atoms with Gasteiger partial charge in [0.15, 0.2) is 9.84 Å². The van der Waals surface area contributed by atoms with Crippen molar-refractivity contribution in [1.82, 2.24) is 14.0 Å². The lowest BCUT2D eigenvalue weighted by Gasteiger charge is -2.37. The molecule has 1 aliphatic heterocycles. The molecule has 47 heavy (non-hydrogen) atoms. The van der Waals surface area contributed by atoms with E-state index in [9.17, 15) is 35.6 Å². The quantitative estimate of drug-likeness (QED) is 0.268. The van der Waals surface area contributed by atoms with Gasteiger partial charge in [0, 0.05) is 56.3 Å². The van der Waals surface area contributed by atoms with Crippen LogP contribution in [0.1, 0.15) is 34.0 Å². The predicted octanol–water partition coefficient (Wildman–Crippen LogP) is 3.95. The third-order valence-electron chi connectivity index (χ3n) is 8.43. The summed E-state index contributed by atoms with van der Waals surface area (Å²) in [7, 11) is -3.38. The molecule has 0 amide bonds. The zero-order valence-corrected chi connectivity index (χ0v) is 26.7. The second kappa shape index (κ2) is 13.5. The number of sulfone groups is 1. The van der Waals surface area contributed by atoms with Crippen LogP contribution in [0.25, 0.3) is 0 Å². The summed E-state index contributed by atoms with van der Waals surface area (Å²) in [6, 6.07) is 17.3. The summed E-state index contributed by atoms with van der Waals surface area (Å²) in [6.45, 7) is 2.52. The molecule has 0 radical (unpaired) electrons. The predicted molar refractivity (Wildman–Crippen MR) is 171 cm³/mol. The molecule has 0 spiro atoms. The third-order valence-corrected chi connectivity index (χ3v) is 9.54. The highest BCUT2D eigenvalue weighted by Gasteiger charge is 2.35. The Bertz CT molecular complexity index is 1990. The lowest BCUT2D eigenvalue weighted by molar-refractivity contribution is -0.138. The van der Waals surface area contributed by atoms with Crippen molar-refractivity contribution in [2.24, 2.45) is 5.73 Å².